The molecular weight excluding hydrogens is 296 g/mol. The number of carbonyl (C=O) groups excluding carboxylic acids is 1. The third-order valence-electron chi connectivity index (χ3n) is 5.10. The largest absolute Gasteiger partial charge is 0.459 e. The Hall–Kier alpha value is -2.15. The van der Waals surface area contributed by atoms with Crippen molar-refractivity contribution in [3.63, 3.8) is 0 Å². The van der Waals surface area contributed by atoms with E-state index in [9.17, 15) is 4.79 Å². The van der Waals surface area contributed by atoms with Gasteiger partial charge in [-0.1, -0.05) is 0 Å². The maximum Gasteiger partial charge on any atom is 0.283 e. The van der Waals surface area contributed by atoms with Crippen LogP contribution in [0.1, 0.15) is 25.2 Å². The van der Waals surface area contributed by atoms with E-state index in [1.54, 1.807) is 18.4 Å². The fourth-order valence-corrected chi connectivity index (χ4v) is 3.61. The first kappa shape index (κ1) is 14.4. The number of aromatic nitrogens is 2. The second-order valence-electron chi connectivity index (χ2n) is 6.51. The maximum absolute atomic E-state index is 12.3. The van der Waals surface area contributed by atoms with E-state index in [0.29, 0.717) is 30.0 Å². The normalized spacial score (nSPS) is 21.4. The molecule has 122 valence electrons. The summed E-state index contributed by atoms with van der Waals surface area (Å²) in [5, 5.41) is 8.11. The minimum absolute atomic E-state index is 0.126. The number of likely N-dealkylation sites (tertiary alicyclic amines) is 2. The molecule has 0 atom stereocenters. The van der Waals surface area contributed by atoms with Crippen LogP contribution in [0, 0.1) is 5.41 Å². The van der Waals surface area contributed by atoms with E-state index in [4.69, 9.17) is 8.83 Å². The maximum atomic E-state index is 12.3. The number of amides is 1. The zero-order valence-electron chi connectivity index (χ0n) is 13.2. The number of nitrogens with zero attached hydrogens (tertiary/aromatic N) is 4. The Morgan fingerprint density at radius 1 is 1.22 bits per heavy atom. The Balaban J connectivity index is 1.38. The minimum atomic E-state index is -0.126. The number of carbonyl (C=O) groups is 1. The van der Waals surface area contributed by atoms with E-state index in [1.807, 2.05) is 11.9 Å². The van der Waals surface area contributed by atoms with Crippen molar-refractivity contribution in [3.8, 4) is 11.7 Å². The molecule has 1 spiro atoms. The van der Waals surface area contributed by atoms with E-state index in [-0.39, 0.29) is 5.41 Å². The van der Waals surface area contributed by atoms with Crippen LogP contribution in [-0.4, -0.2) is 52.6 Å². The van der Waals surface area contributed by atoms with Gasteiger partial charge in [0.1, 0.15) is 0 Å². The Labute approximate surface area is 134 Å². The lowest BCUT2D eigenvalue weighted by Gasteiger charge is -2.37. The van der Waals surface area contributed by atoms with E-state index < -0.39 is 0 Å². The lowest BCUT2D eigenvalue weighted by Crippen LogP contribution is -2.43. The lowest BCUT2D eigenvalue weighted by molar-refractivity contribution is -0.137. The number of rotatable bonds is 3. The molecule has 4 rings (SSSR count). The van der Waals surface area contributed by atoms with Crippen molar-refractivity contribution >= 4 is 5.91 Å². The van der Waals surface area contributed by atoms with E-state index >= 15 is 0 Å². The van der Waals surface area contributed by atoms with Crippen molar-refractivity contribution in [2.24, 2.45) is 5.41 Å². The molecule has 4 heterocycles. The topological polar surface area (TPSA) is 75.6 Å². The third kappa shape index (κ3) is 2.55. The van der Waals surface area contributed by atoms with Crippen LogP contribution in [0.4, 0.5) is 0 Å². The molecule has 2 saturated heterocycles. The van der Waals surface area contributed by atoms with Crippen molar-refractivity contribution in [2.45, 2.75) is 25.8 Å². The summed E-state index contributed by atoms with van der Waals surface area (Å²) in [5.74, 6) is 1.89. The van der Waals surface area contributed by atoms with E-state index in [1.165, 1.54) is 0 Å². The number of hydrogen-bond acceptors (Lipinski definition) is 6. The van der Waals surface area contributed by atoms with Crippen molar-refractivity contribution in [3.05, 3.63) is 24.3 Å². The molecule has 2 aliphatic rings. The molecule has 0 saturated carbocycles. The van der Waals surface area contributed by atoms with Crippen LogP contribution in [0.5, 0.6) is 0 Å². The summed E-state index contributed by atoms with van der Waals surface area (Å²) >= 11 is 0. The summed E-state index contributed by atoms with van der Waals surface area (Å²) in [6, 6.07) is 3.59. The summed E-state index contributed by atoms with van der Waals surface area (Å²) < 4.78 is 10.9. The molecule has 2 aromatic rings. The number of furan rings is 1. The molecule has 1 amide bonds. The Morgan fingerprint density at radius 2 is 2.00 bits per heavy atom. The smallest absolute Gasteiger partial charge is 0.283 e. The quantitative estimate of drug-likeness (QED) is 0.859. The van der Waals surface area contributed by atoms with Gasteiger partial charge in [0, 0.05) is 13.6 Å². The molecule has 0 aliphatic carbocycles. The van der Waals surface area contributed by atoms with Gasteiger partial charge in [-0.15, -0.1) is 10.2 Å². The van der Waals surface area contributed by atoms with Gasteiger partial charge >= 0.3 is 0 Å². The summed E-state index contributed by atoms with van der Waals surface area (Å²) in [4.78, 5) is 16.5. The fourth-order valence-electron chi connectivity index (χ4n) is 3.61. The number of hydrogen-bond donors (Lipinski definition) is 0. The Morgan fingerprint density at radius 3 is 2.65 bits per heavy atom. The molecule has 7 heteroatoms. The molecule has 2 aromatic heterocycles. The monoisotopic (exact) mass is 316 g/mol. The van der Waals surface area contributed by atoms with Gasteiger partial charge < -0.3 is 13.7 Å². The molecule has 0 unspecified atom stereocenters. The summed E-state index contributed by atoms with van der Waals surface area (Å²) in [6.07, 6.45) is 4.39. The molecule has 2 fully saturated rings. The van der Waals surface area contributed by atoms with E-state index in [2.05, 4.69) is 15.1 Å². The zero-order valence-corrected chi connectivity index (χ0v) is 13.2. The molecule has 0 aromatic carbocycles. The highest BCUT2D eigenvalue weighted by molar-refractivity contribution is 5.84. The second kappa shape index (κ2) is 5.49. The highest BCUT2D eigenvalue weighted by atomic mass is 16.4. The van der Waals surface area contributed by atoms with Crippen LogP contribution < -0.4 is 0 Å². The predicted octanol–water partition coefficient (Wildman–Crippen LogP) is 1.77. The second-order valence-corrected chi connectivity index (χ2v) is 6.51. The molecular formula is C16H20N4O3. The summed E-state index contributed by atoms with van der Waals surface area (Å²) in [5.41, 5.74) is -0.126. The van der Waals surface area contributed by atoms with Gasteiger partial charge in [0.05, 0.1) is 18.2 Å². The first-order valence-corrected chi connectivity index (χ1v) is 8.00. The van der Waals surface area contributed by atoms with Crippen LogP contribution in [0.2, 0.25) is 0 Å². The Kier molecular flexibility index (Phi) is 3.45. The first-order chi connectivity index (χ1) is 11.2. The van der Waals surface area contributed by atoms with Crippen molar-refractivity contribution in [1.29, 1.82) is 0 Å². The van der Waals surface area contributed by atoms with Crippen molar-refractivity contribution in [2.75, 3.05) is 26.7 Å². The summed E-state index contributed by atoms with van der Waals surface area (Å²) in [7, 11) is 1.90. The van der Waals surface area contributed by atoms with Gasteiger partial charge in [0.2, 0.25) is 11.8 Å². The van der Waals surface area contributed by atoms with Gasteiger partial charge in [-0.05, 0) is 44.5 Å². The van der Waals surface area contributed by atoms with Gasteiger partial charge in [0.25, 0.3) is 5.89 Å². The van der Waals surface area contributed by atoms with Crippen molar-refractivity contribution < 1.29 is 13.6 Å². The van der Waals surface area contributed by atoms with Crippen LogP contribution >= 0.6 is 0 Å². The fraction of sp³-hybridized carbons (Fsp3) is 0.562. The van der Waals surface area contributed by atoms with Crippen LogP contribution in [-0.2, 0) is 11.3 Å². The zero-order chi connectivity index (χ0) is 15.9. The standard InChI is InChI=1S/C16H20N4O3/c1-19-7-4-16(15(19)21)5-8-20(9-6-16)11-13-17-18-14(23-13)12-3-2-10-22-12/h2-3,10H,4-9,11H2,1H3. The van der Waals surface area contributed by atoms with E-state index in [0.717, 1.165) is 38.9 Å². The highest BCUT2D eigenvalue weighted by Crippen LogP contribution is 2.41. The molecule has 0 radical (unpaired) electrons. The Bertz CT molecular complexity index is 686. The molecule has 0 bridgehead atoms. The van der Waals surface area contributed by atoms with Crippen LogP contribution in [0.25, 0.3) is 11.7 Å². The first-order valence-electron chi connectivity index (χ1n) is 8.00. The summed E-state index contributed by atoms with van der Waals surface area (Å²) in [6.45, 7) is 3.28. The van der Waals surface area contributed by atoms with Crippen molar-refractivity contribution in [1.82, 2.24) is 20.0 Å². The van der Waals surface area contributed by atoms with Gasteiger partial charge in [-0.3, -0.25) is 9.69 Å². The SMILES string of the molecule is CN1CCC2(CCN(Cc3nnc(-c4ccco4)o3)CC2)C1=O. The minimum Gasteiger partial charge on any atom is -0.459 e. The predicted molar refractivity (Wildman–Crippen MR) is 81.2 cm³/mol. The highest BCUT2D eigenvalue weighted by Gasteiger charge is 2.46. The molecule has 2 aliphatic heterocycles. The van der Waals surface area contributed by atoms with Gasteiger partial charge in [-0.25, -0.2) is 0 Å². The average molecular weight is 316 g/mol. The van der Waals surface area contributed by atoms with Crippen LogP contribution in [0.15, 0.2) is 27.2 Å². The molecule has 0 N–H and O–H groups in total. The lowest BCUT2D eigenvalue weighted by atomic mass is 9.77. The van der Waals surface area contributed by atoms with Crippen LogP contribution in [0.3, 0.4) is 0 Å². The van der Waals surface area contributed by atoms with Gasteiger partial charge in [-0.2, -0.15) is 0 Å². The molecule has 23 heavy (non-hydrogen) atoms. The molecule has 7 nitrogen and oxygen atoms in total. The third-order valence-corrected chi connectivity index (χ3v) is 5.10. The number of piperidine rings is 1. The average Bonchev–Trinajstić information content (AvgIpc) is 3.28. The van der Waals surface area contributed by atoms with Gasteiger partial charge in [0.15, 0.2) is 5.76 Å².